The molecule has 0 radical (unpaired) electrons. The Balaban J connectivity index is 1.72. The summed E-state index contributed by atoms with van der Waals surface area (Å²) < 4.78 is 1.55. The summed E-state index contributed by atoms with van der Waals surface area (Å²) in [5.41, 5.74) is 3.65. The van der Waals surface area contributed by atoms with Crippen LogP contribution in [0.15, 0.2) is 48.9 Å². The predicted molar refractivity (Wildman–Crippen MR) is 94.7 cm³/mol. The number of amides is 1. The van der Waals surface area contributed by atoms with Crippen LogP contribution in [-0.2, 0) is 0 Å². The summed E-state index contributed by atoms with van der Waals surface area (Å²) in [7, 11) is 0. The van der Waals surface area contributed by atoms with Crippen molar-refractivity contribution in [2.45, 2.75) is 6.92 Å². The first-order valence-electron chi connectivity index (χ1n) is 7.54. The van der Waals surface area contributed by atoms with E-state index in [0.29, 0.717) is 27.6 Å². The number of nitrogens with zero attached hydrogens (tertiary/aromatic N) is 4. The molecule has 3 heterocycles. The normalized spacial score (nSPS) is 11.0. The van der Waals surface area contributed by atoms with Crippen molar-refractivity contribution in [3.8, 4) is 11.3 Å². The zero-order chi connectivity index (χ0) is 17.4. The fourth-order valence-corrected chi connectivity index (χ4v) is 2.79. The summed E-state index contributed by atoms with van der Waals surface area (Å²) in [4.78, 5) is 16.9. The summed E-state index contributed by atoms with van der Waals surface area (Å²) in [6.07, 6.45) is 4.85. The first-order chi connectivity index (χ1) is 12.1. The molecule has 0 saturated carbocycles. The van der Waals surface area contributed by atoms with Gasteiger partial charge in [0.25, 0.3) is 5.91 Å². The van der Waals surface area contributed by atoms with Crippen LogP contribution in [0, 0.1) is 6.92 Å². The molecule has 0 saturated heterocycles. The van der Waals surface area contributed by atoms with E-state index in [4.69, 9.17) is 11.6 Å². The second-order valence-corrected chi connectivity index (χ2v) is 5.92. The zero-order valence-corrected chi connectivity index (χ0v) is 13.9. The molecule has 0 aliphatic carbocycles. The molecule has 25 heavy (non-hydrogen) atoms. The van der Waals surface area contributed by atoms with Gasteiger partial charge < -0.3 is 5.32 Å². The summed E-state index contributed by atoms with van der Waals surface area (Å²) in [5, 5.41) is 14.8. The van der Waals surface area contributed by atoms with Gasteiger partial charge in [-0.25, -0.2) is 9.50 Å². The van der Waals surface area contributed by atoms with Crippen LogP contribution >= 0.6 is 11.6 Å². The maximum atomic E-state index is 12.7. The van der Waals surface area contributed by atoms with Gasteiger partial charge in [0.15, 0.2) is 5.65 Å². The molecule has 0 fully saturated rings. The molecule has 0 aliphatic heterocycles. The van der Waals surface area contributed by atoms with Gasteiger partial charge in [-0.15, -0.1) is 0 Å². The molecule has 0 bridgehead atoms. The number of carbonyl (C=O) groups excluding carboxylic acids is 1. The van der Waals surface area contributed by atoms with Crippen molar-refractivity contribution in [3.05, 3.63) is 65.2 Å². The van der Waals surface area contributed by atoms with Gasteiger partial charge in [0.1, 0.15) is 11.3 Å². The minimum atomic E-state index is -0.304. The lowest BCUT2D eigenvalue weighted by Gasteiger charge is -2.06. The molecule has 0 aliphatic rings. The van der Waals surface area contributed by atoms with Gasteiger partial charge in [0.2, 0.25) is 0 Å². The van der Waals surface area contributed by atoms with Crippen LogP contribution in [-0.4, -0.2) is 30.7 Å². The standard InChI is InChI=1S/C17H13ClN6O/c1-10-14(15(23-22-10)11-4-2-5-12(18)8-11)21-17(25)13-9-20-24-7-3-6-19-16(13)24/h2-9H,1H3,(H,21,25)(H,22,23). The van der Waals surface area contributed by atoms with E-state index in [2.05, 4.69) is 25.6 Å². The molecule has 0 atom stereocenters. The van der Waals surface area contributed by atoms with Crippen LogP contribution in [0.4, 0.5) is 5.69 Å². The number of aromatic amines is 1. The molecule has 2 N–H and O–H groups in total. The third kappa shape index (κ3) is 2.74. The van der Waals surface area contributed by atoms with Gasteiger partial charge in [-0.2, -0.15) is 10.2 Å². The van der Waals surface area contributed by atoms with Crippen LogP contribution in [0.3, 0.4) is 0 Å². The highest BCUT2D eigenvalue weighted by molar-refractivity contribution is 6.30. The molecule has 8 heteroatoms. The van der Waals surface area contributed by atoms with Crippen molar-refractivity contribution in [1.29, 1.82) is 0 Å². The lowest BCUT2D eigenvalue weighted by atomic mass is 10.1. The van der Waals surface area contributed by atoms with Crippen LogP contribution in [0.2, 0.25) is 5.02 Å². The van der Waals surface area contributed by atoms with Gasteiger partial charge in [-0.3, -0.25) is 9.89 Å². The monoisotopic (exact) mass is 352 g/mol. The molecule has 1 aromatic carbocycles. The Labute approximate surface area is 147 Å². The van der Waals surface area contributed by atoms with Gasteiger partial charge in [0, 0.05) is 23.0 Å². The van der Waals surface area contributed by atoms with Crippen LogP contribution < -0.4 is 5.32 Å². The number of halogens is 1. The zero-order valence-electron chi connectivity index (χ0n) is 13.2. The van der Waals surface area contributed by atoms with Crippen LogP contribution in [0.1, 0.15) is 16.1 Å². The largest absolute Gasteiger partial charge is 0.318 e. The van der Waals surface area contributed by atoms with E-state index in [1.54, 1.807) is 35.1 Å². The highest BCUT2D eigenvalue weighted by Crippen LogP contribution is 2.30. The summed E-state index contributed by atoms with van der Waals surface area (Å²) in [6.45, 7) is 1.84. The van der Waals surface area contributed by atoms with E-state index >= 15 is 0 Å². The number of aryl methyl sites for hydroxylation is 1. The summed E-state index contributed by atoms with van der Waals surface area (Å²) >= 11 is 6.06. The fraction of sp³-hybridized carbons (Fsp3) is 0.0588. The highest BCUT2D eigenvalue weighted by Gasteiger charge is 2.19. The summed E-state index contributed by atoms with van der Waals surface area (Å²) in [5.74, 6) is -0.304. The molecule has 1 amide bonds. The smallest absolute Gasteiger partial charge is 0.261 e. The van der Waals surface area contributed by atoms with E-state index in [0.717, 1.165) is 11.3 Å². The molecule has 0 unspecified atom stereocenters. The number of rotatable bonds is 3. The number of H-pyrrole nitrogens is 1. The molecule has 4 rings (SSSR count). The Bertz CT molecular complexity index is 1080. The maximum absolute atomic E-state index is 12.7. The van der Waals surface area contributed by atoms with Crippen LogP contribution in [0.25, 0.3) is 16.9 Å². The number of hydrogen-bond acceptors (Lipinski definition) is 4. The van der Waals surface area contributed by atoms with Crippen molar-refractivity contribution in [3.63, 3.8) is 0 Å². The van der Waals surface area contributed by atoms with Crippen molar-refractivity contribution in [2.75, 3.05) is 5.32 Å². The predicted octanol–water partition coefficient (Wildman–Crippen LogP) is 3.33. The average molecular weight is 353 g/mol. The molecule has 3 aromatic heterocycles. The van der Waals surface area contributed by atoms with Crippen molar-refractivity contribution in [1.82, 2.24) is 24.8 Å². The van der Waals surface area contributed by atoms with E-state index in [9.17, 15) is 4.79 Å². The lowest BCUT2D eigenvalue weighted by molar-refractivity contribution is 0.102. The quantitative estimate of drug-likeness (QED) is 0.592. The third-order valence-corrected chi connectivity index (χ3v) is 4.04. The second-order valence-electron chi connectivity index (χ2n) is 5.48. The number of hydrogen-bond donors (Lipinski definition) is 2. The average Bonchev–Trinajstić information content (AvgIpc) is 3.19. The Morgan fingerprint density at radius 1 is 1.32 bits per heavy atom. The fourth-order valence-electron chi connectivity index (χ4n) is 2.60. The van der Waals surface area contributed by atoms with E-state index in [-0.39, 0.29) is 5.91 Å². The molecule has 7 nitrogen and oxygen atoms in total. The number of fused-ring (bicyclic) bond motifs is 1. The lowest BCUT2D eigenvalue weighted by Crippen LogP contribution is -2.13. The minimum absolute atomic E-state index is 0.304. The van der Waals surface area contributed by atoms with Gasteiger partial charge >= 0.3 is 0 Å². The highest BCUT2D eigenvalue weighted by atomic mass is 35.5. The Morgan fingerprint density at radius 3 is 3.04 bits per heavy atom. The molecule has 124 valence electrons. The first kappa shape index (κ1) is 15.3. The van der Waals surface area contributed by atoms with Gasteiger partial charge in [-0.05, 0) is 25.1 Å². The SMILES string of the molecule is Cc1[nH]nc(-c2cccc(Cl)c2)c1NC(=O)c1cnn2cccnc12. The van der Waals surface area contributed by atoms with Crippen molar-refractivity contribution >= 4 is 28.8 Å². The Kier molecular flexibility index (Phi) is 3.70. The van der Waals surface area contributed by atoms with E-state index < -0.39 is 0 Å². The maximum Gasteiger partial charge on any atom is 0.261 e. The molecular formula is C17H13ClN6O. The molecular weight excluding hydrogens is 340 g/mol. The van der Waals surface area contributed by atoms with Crippen molar-refractivity contribution < 1.29 is 4.79 Å². The Morgan fingerprint density at radius 2 is 2.20 bits per heavy atom. The van der Waals surface area contributed by atoms with Crippen molar-refractivity contribution in [2.24, 2.45) is 0 Å². The van der Waals surface area contributed by atoms with E-state index in [1.807, 2.05) is 19.1 Å². The second kappa shape index (κ2) is 6.03. The topological polar surface area (TPSA) is 88.0 Å². The van der Waals surface area contributed by atoms with Crippen LogP contribution in [0.5, 0.6) is 0 Å². The number of aromatic nitrogens is 5. The first-order valence-corrected chi connectivity index (χ1v) is 7.92. The number of nitrogens with one attached hydrogen (secondary N) is 2. The molecule has 0 spiro atoms. The number of benzene rings is 1. The molecule has 4 aromatic rings. The van der Waals surface area contributed by atoms with E-state index in [1.165, 1.54) is 6.20 Å². The minimum Gasteiger partial charge on any atom is -0.318 e. The number of carbonyl (C=O) groups is 1. The van der Waals surface area contributed by atoms with Gasteiger partial charge in [-0.1, -0.05) is 23.7 Å². The summed E-state index contributed by atoms with van der Waals surface area (Å²) in [6, 6.07) is 9.05. The number of anilines is 1. The third-order valence-electron chi connectivity index (χ3n) is 3.81. The Hall–Kier alpha value is -3.19. The van der Waals surface area contributed by atoms with Gasteiger partial charge in [0.05, 0.1) is 17.6 Å².